The van der Waals surface area contributed by atoms with Crippen LogP contribution in [-0.2, 0) is 11.3 Å². The Balaban J connectivity index is 1.39. The van der Waals surface area contributed by atoms with E-state index >= 15 is 0 Å². The van der Waals surface area contributed by atoms with Crippen molar-refractivity contribution in [2.75, 3.05) is 6.61 Å². The first-order chi connectivity index (χ1) is 10.3. The summed E-state index contributed by atoms with van der Waals surface area (Å²) in [5.74, 6) is 2.10. The summed E-state index contributed by atoms with van der Waals surface area (Å²) in [5, 5.41) is 6.77. The second-order valence-electron chi connectivity index (χ2n) is 5.44. The van der Waals surface area contributed by atoms with Crippen LogP contribution in [0.15, 0.2) is 28.8 Å². The number of ether oxygens (including phenoxy) is 1. The largest absolute Gasteiger partial charge is 0.492 e. The Hall–Kier alpha value is -2.37. The molecule has 6 heteroatoms. The fourth-order valence-corrected chi connectivity index (χ4v) is 2.51. The molecule has 108 valence electrons. The van der Waals surface area contributed by atoms with E-state index in [0.717, 1.165) is 30.0 Å². The lowest BCUT2D eigenvalue weighted by Crippen LogP contribution is -2.29. The molecule has 0 radical (unpaired) electrons. The van der Waals surface area contributed by atoms with Crippen LogP contribution in [0.1, 0.15) is 42.0 Å². The van der Waals surface area contributed by atoms with Crippen molar-refractivity contribution in [1.29, 1.82) is 0 Å². The number of nitrogens with zero attached hydrogens (tertiary/aromatic N) is 2. The molecule has 1 atom stereocenters. The number of aromatic nitrogens is 2. The second kappa shape index (κ2) is 4.87. The fraction of sp³-hybridized carbons (Fsp3) is 0.400. The molecule has 0 spiro atoms. The summed E-state index contributed by atoms with van der Waals surface area (Å²) in [5.41, 5.74) is 0.930. The van der Waals surface area contributed by atoms with E-state index in [1.807, 2.05) is 24.3 Å². The zero-order chi connectivity index (χ0) is 14.2. The van der Waals surface area contributed by atoms with Crippen LogP contribution in [0.5, 0.6) is 5.75 Å². The predicted octanol–water partition coefficient (Wildman–Crippen LogP) is 1.74. The van der Waals surface area contributed by atoms with Crippen LogP contribution >= 0.6 is 0 Å². The average Bonchev–Trinajstić information content (AvgIpc) is 3.10. The number of nitrogens with one attached hydrogen (secondary N) is 1. The number of carbonyl (C=O) groups excluding carboxylic acids is 1. The van der Waals surface area contributed by atoms with Crippen LogP contribution in [0.4, 0.5) is 0 Å². The van der Waals surface area contributed by atoms with Gasteiger partial charge in [0.15, 0.2) is 5.82 Å². The number of hydrogen-bond acceptors (Lipinski definition) is 5. The van der Waals surface area contributed by atoms with Crippen LogP contribution in [0.3, 0.4) is 0 Å². The van der Waals surface area contributed by atoms with Crippen molar-refractivity contribution in [2.45, 2.75) is 31.2 Å². The molecule has 2 heterocycles. The van der Waals surface area contributed by atoms with E-state index in [2.05, 4.69) is 15.5 Å². The first-order valence-corrected chi connectivity index (χ1v) is 7.13. The maximum Gasteiger partial charge on any atom is 0.246 e. The monoisotopic (exact) mass is 285 g/mol. The topological polar surface area (TPSA) is 77.3 Å². The Morgan fingerprint density at radius 2 is 2.19 bits per heavy atom. The normalized spacial score (nSPS) is 19.9. The van der Waals surface area contributed by atoms with E-state index in [9.17, 15) is 4.79 Å². The highest BCUT2D eigenvalue weighted by Crippen LogP contribution is 2.38. The van der Waals surface area contributed by atoms with Gasteiger partial charge in [0, 0.05) is 11.5 Å². The van der Waals surface area contributed by atoms with Gasteiger partial charge in [-0.2, -0.15) is 4.98 Å². The van der Waals surface area contributed by atoms with Crippen molar-refractivity contribution in [1.82, 2.24) is 15.5 Å². The summed E-state index contributed by atoms with van der Waals surface area (Å²) in [4.78, 5) is 16.5. The molecular weight excluding hydrogens is 270 g/mol. The number of para-hydroxylation sites is 1. The predicted molar refractivity (Wildman–Crippen MR) is 72.8 cm³/mol. The number of fused-ring (bicyclic) bond motifs is 1. The van der Waals surface area contributed by atoms with Gasteiger partial charge in [0.25, 0.3) is 0 Å². The number of carbonyl (C=O) groups is 1. The molecule has 2 aromatic rings. The van der Waals surface area contributed by atoms with Crippen molar-refractivity contribution in [3.05, 3.63) is 41.5 Å². The molecule has 1 fully saturated rings. The molecular formula is C15H15N3O3. The minimum Gasteiger partial charge on any atom is -0.492 e. The minimum absolute atomic E-state index is 0.0777. The molecule has 1 N–H and O–H groups in total. The zero-order valence-corrected chi connectivity index (χ0v) is 11.4. The summed E-state index contributed by atoms with van der Waals surface area (Å²) in [6.45, 7) is 0.638. The Bertz CT molecular complexity index is 678. The van der Waals surface area contributed by atoms with Crippen molar-refractivity contribution in [3.63, 3.8) is 0 Å². The lowest BCUT2D eigenvalue weighted by molar-refractivity contribution is -0.123. The highest BCUT2D eigenvalue weighted by atomic mass is 16.5. The van der Waals surface area contributed by atoms with E-state index in [-0.39, 0.29) is 18.4 Å². The SMILES string of the molecule is O=C(NCc1nc(C2CC2)no1)C1COc2ccccc21. The van der Waals surface area contributed by atoms with E-state index in [1.54, 1.807) is 0 Å². The Morgan fingerprint density at radius 3 is 3.05 bits per heavy atom. The second-order valence-corrected chi connectivity index (χ2v) is 5.44. The molecule has 1 aromatic carbocycles. The van der Waals surface area contributed by atoms with Gasteiger partial charge in [-0.05, 0) is 18.9 Å². The standard InChI is InChI=1S/C15H15N3O3/c19-15(11-8-20-12-4-2-1-3-10(11)12)16-7-13-17-14(18-21-13)9-5-6-9/h1-4,9,11H,5-8H2,(H,16,19). The van der Waals surface area contributed by atoms with Crippen molar-refractivity contribution in [3.8, 4) is 5.75 Å². The molecule has 1 aromatic heterocycles. The summed E-state index contributed by atoms with van der Waals surface area (Å²) in [6, 6.07) is 7.61. The molecule has 1 amide bonds. The van der Waals surface area contributed by atoms with E-state index in [1.165, 1.54) is 0 Å². The highest BCUT2D eigenvalue weighted by molar-refractivity contribution is 5.85. The van der Waals surface area contributed by atoms with Crippen LogP contribution in [0, 0.1) is 0 Å². The van der Waals surface area contributed by atoms with Crippen molar-refractivity contribution in [2.24, 2.45) is 0 Å². The van der Waals surface area contributed by atoms with Crippen molar-refractivity contribution >= 4 is 5.91 Å². The number of amides is 1. The quantitative estimate of drug-likeness (QED) is 0.925. The number of hydrogen-bond donors (Lipinski definition) is 1. The molecule has 1 aliphatic heterocycles. The van der Waals surface area contributed by atoms with Gasteiger partial charge in [0.2, 0.25) is 11.8 Å². The van der Waals surface area contributed by atoms with Gasteiger partial charge >= 0.3 is 0 Å². The van der Waals surface area contributed by atoms with Gasteiger partial charge < -0.3 is 14.6 Å². The average molecular weight is 285 g/mol. The molecule has 1 unspecified atom stereocenters. The molecule has 21 heavy (non-hydrogen) atoms. The van der Waals surface area contributed by atoms with Gasteiger partial charge in [0.1, 0.15) is 18.3 Å². The van der Waals surface area contributed by atoms with E-state index < -0.39 is 0 Å². The van der Waals surface area contributed by atoms with Gasteiger partial charge in [-0.25, -0.2) is 0 Å². The number of rotatable bonds is 4. The van der Waals surface area contributed by atoms with Crippen LogP contribution in [0.2, 0.25) is 0 Å². The van der Waals surface area contributed by atoms with Gasteiger partial charge in [0.05, 0.1) is 6.54 Å². The van der Waals surface area contributed by atoms with Gasteiger partial charge in [-0.3, -0.25) is 4.79 Å². The first kappa shape index (κ1) is 12.4. The maximum absolute atomic E-state index is 12.3. The lowest BCUT2D eigenvalue weighted by Gasteiger charge is -2.08. The Labute approximate surface area is 121 Å². The lowest BCUT2D eigenvalue weighted by atomic mass is 10.0. The van der Waals surface area contributed by atoms with E-state index in [4.69, 9.17) is 9.26 Å². The summed E-state index contributed by atoms with van der Waals surface area (Å²) in [6.07, 6.45) is 2.25. The number of benzene rings is 1. The third-order valence-electron chi connectivity index (χ3n) is 3.86. The Morgan fingerprint density at radius 1 is 1.33 bits per heavy atom. The first-order valence-electron chi connectivity index (χ1n) is 7.13. The zero-order valence-electron chi connectivity index (χ0n) is 11.4. The molecule has 1 saturated carbocycles. The third kappa shape index (κ3) is 2.37. The minimum atomic E-state index is -0.271. The molecule has 0 saturated heterocycles. The molecule has 2 aliphatic rings. The maximum atomic E-state index is 12.3. The summed E-state index contributed by atoms with van der Waals surface area (Å²) in [7, 11) is 0. The van der Waals surface area contributed by atoms with Crippen LogP contribution < -0.4 is 10.1 Å². The molecule has 0 bridgehead atoms. The van der Waals surface area contributed by atoms with Crippen LogP contribution in [0.25, 0.3) is 0 Å². The van der Waals surface area contributed by atoms with E-state index in [0.29, 0.717) is 18.4 Å². The third-order valence-corrected chi connectivity index (χ3v) is 3.86. The smallest absolute Gasteiger partial charge is 0.246 e. The van der Waals surface area contributed by atoms with Gasteiger partial charge in [-0.15, -0.1) is 0 Å². The fourth-order valence-electron chi connectivity index (χ4n) is 2.51. The van der Waals surface area contributed by atoms with Crippen molar-refractivity contribution < 1.29 is 14.1 Å². The molecule has 6 nitrogen and oxygen atoms in total. The Kier molecular flexibility index (Phi) is 2.87. The van der Waals surface area contributed by atoms with Crippen LogP contribution in [-0.4, -0.2) is 22.7 Å². The molecule has 1 aliphatic carbocycles. The summed E-state index contributed by atoms with van der Waals surface area (Å²) >= 11 is 0. The summed E-state index contributed by atoms with van der Waals surface area (Å²) < 4.78 is 10.7. The highest BCUT2D eigenvalue weighted by Gasteiger charge is 2.31. The molecule has 4 rings (SSSR count). The van der Waals surface area contributed by atoms with Gasteiger partial charge in [-0.1, -0.05) is 23.4 Å².